The highest BCUT2D eigenvalue weighted by atomic mass is 19.4. The summed E-state index contributed by atoms with van der Waals surface area (Å²) in [4.78, 5) is 25.6. The van der Waals surface area contributed by atoms with Crippen LogP contribution in [-0.4, -0.2) is 17.6 Å². The molecule has 0 aliphatic rings. The summed E-state index contributed by atoms with van der Waals surface area (Å²) in [5, 5.41) is 1.54. The number of pyridine rings is 1. The van der Waals surface area contributed by atoms with Crippen LogP contribution in [0, 0.1) is 0 Å². The maximum absolute atomic E-state index is 13.4. The van der Waals surface area contributed by atoms with Crippen molar-refractivity contribution in [1.82, 2.24) is 4.57 Å². The topological polar surface area (TPSA) is 74.3 Å². The third kappa shape index (κ3) is 2.97. The van der Waals surface area contributed by atoms with Gasteiger partial charge in [-0.1, -0.05) is 42.5 Å². The average molecular weight is 412 g/mol. The smallest absolute Gasteiger partial charge is 0.416 e. The van der Waals surface area contributed by atoms with Crippen molar-refractivity contribution in [3.63, 3.8) is 0 Å². The lowest BCUT2D eigenvalue weighted by Gasteiger charge is -2.18. The van der Waals surface area contributed by atoms with Gasteiger partial charge >= 0.3 is 12.1 Å². The van der Waals surface area contributed by atoms with Crippen LogP contribution in [0.2, 0.25) is 0 Å². The van der Waals surface area contributed by atoms with Gasteiger partial charge in [0.05, 0.1) is 29.6 Å². The highest BCUT2D eigenvalue weighted by molar-refractivity contribution is 6.05. The predicted octanol–water partition coefficient (Wildman–Crippen LogP) is 4.53. The molecule has 4 rings (SSSR count). The number of fused-ring (bicyclic) bond motifs is 2. The number of nitrogen functional groups attached to an aromatic ring is 1. The number of halogens is 3. The molecular weight excluding hydrogens is 397 g/mol. The van der Waals surface area contributed by atoms with Crippen molar-refractivity contribution in [1.29, 1.82) is 0 Å². The lowest BCUT2D eigenvalue weighted by Crippen LogP contribution is -2.28. The molecule has 152 valence electrons. The van der Waals surface area contributed by atoms with Crippen LogP contribution >= 0.6 is 0 Å². The molecule has 0 spiro atoms. The normalized spacial score (nSPS) is 11.7. The van der Waals surface area contributed by atoms with Crippen LogP contribution < -0.4 is 11.3 Å². The minimum atomic E-state index is -4.62. The van der Waals surface area contributed by atoms with E-state index in [9.17, 15) is 22.8 Å². The third-order valence-electron chi connectivity index (χ3n) is 4.94. The number of nitrogens with two attached hydrogens (primary N) is 1. The molecule has 4 aromatic rings. The molecule has 8 heteroatoms. The Balaban J connectivity index is 2.23. The van der Waals surface area contributed by atoms with E-state index in [1.54, 1.807) is 30.3 Å². The molecule has 1 heterocycles. The number of carbonyl (C=O) groups is 1. The van der Waals surface area contributed by atoms with Crippen molar-refractivity contribution in [3.05, 3.63) is 82.1 Å². The van der Waals surface area contributed by atoms with Crippen molar-refractivity contribution < 1.29 is 22.7 Å². The number of hydrogen-bond donors (Lipinski definition) is 1. The van der Waals surface area contributed by atoms with Gasteiger partial charge in [0, 0.05) is 10.8 Å². The van der Waals surface area contributed by atoms with Gasteiger partial charge in [-0.2, -0.15) is 13.2 Å². The van der Waals surface area contributed by atoms with Gasteiger partial charge in [-0.05, 0) is 23.6 Å². The lowest BCUT2D eigenvalue weighted by molar-refractivity contribution is -0.137. The molecule has 5 nitrogen and oxygen atoms in total. The van der Waals surface area contributed by atoms with Crippen LogP contribution in [-0.2, 0) is 10.9 Å². The molecular formula is C22H15F3N2O3. The first kappa shape index (κ1) is 19.5. The van der Waals surface area contributed by atoms with E-state index in [2.05, 4.69) is 0 Å². The van der Waals surface area contributed by atoms with E-state index >= 15 is 0 Å². The minimum Gasteiger partial charge on any atom is -0.465 e. The summed E-state index contributed by atoms with van der Waals surface area (Å²) in [5.74, 6) is -0.965. The molecule has 0 amide bonds. The summed E-state index contributed by atoms with van der Waals surface area (Å²) in [6.45, 7) is 0. The average Bonchev–Trinajstić information content (AvgIpc) is 2.72. The molecule has 3 aromatic carbocycles. The van der Waals surface area contributed by atoms with Crippen LogP contribution in [0.5, 0.6) is 0 Å². The van der Waals surface area contributed by atoms with E-state index in [-0.39, 0.29) is 16.6 Å². The molecule has 0 atom stereocenters. The Kier molecular flexibility index (Phi) is 4.49. The molecule has 0 radical (unpaired) electrons. The molecule has 0 saturated heterocycles. The maximum atomic E-state index is 13.4. The summed E-state index contributed by atoms with van der Waals surface area (Å²) >= 11 is 0. The molecule has 0 aliphatic carbocycles. The fourth-order valence-electron chi connectivity index (χ4n) is 3.53. The number of methoxy groups -OCH3 is 1. The minimum absolute atomic E-state index is 0.0590. The molecule has 2 N–H and O–H groups in total. The molecule has 0 aliphatic heterocycles. The second-order valence-electron chi connectivity index (χ2n) is 6.65. The fourth-order valence-corrected chi connectivity index (χ4v) is 3.53. The van der Waals surface area contributed by atoms with E-state index in [0.717, 1.165) is 35.3 Å². The number of benzene rings is 3. The third-order valence-corrected chi connectivity index (χ3v) is 4.94. The van der Waals surface area contributed by atoms with E-state index in [4.69, 9.17) is 10.5 Å². The number of esters is 1. The van der Waals surface area contributed by atoms with E-state index in [1.807, 2.05) is 12.1 Å². The summed E-state index contributed by atoms with van der Waals surface area (Å²) in [6, 6.07) is 15.1. The number of carbonyl (C=O) groups excluding carboxylic acids is 1. The van der Waals surface area contributed by atoms with E-state index < -0.39 is 28.8 Å². The molecule has 1 aromatic heterocycles. The number of anilines is 1. The highest BCUT2D eigenvalue weighted by Crippen LogP contribution is 2.34. The van der Waals surface area contributed by atoms with Crippen molar-refractivity contribution in [2.45, 2.75) is 6.18 Å². The predicted molar refractivity (Wildman–Crippen MR) is 108 cm³/mol. The maximum Gasteiger partial charge on any atom is 0.416 e. The summed E-state index contributed by atoms with van der Waals surface area (Å²) in [5.41, 5.74) is 3.83. The van der Waals surface area contributed by atoms with Crippen LogP contribution in [0.1, 0.15) is 15.9 Å². The van der Waals surface area contributed by atoms with E-state index in [1.165, 1.54) is 0 Å². The first-order chi connectivity index (χ1) is 14.2. The van der Waals surface area contributed by atoms with Crippen LogP contribution in [0.3, 0.4) is 0 Å². The Morgan fingerprint density at radius 2 is 1.70 bits per heavy atom. The molecule has 0 fully saturated rings. The summed E-state index contributed by atoms with van der Waals surface area (Å²) < 4.78 is 45.9. The Morgan fingerprint density at radius 1 is 1.00 bits per heavy atom. The van der Waals surface area contributed by atoms with Crippen molar-refractivity contribution in [3.8, 4) is 5.69 Å². The summed E-state index contributed by atoms with van der Waals surface area (Å²) in [7, 11) is 1.10. The lowest BCUT2D eigenvalue weighted by atomic mass is 10.0. The van der Waals surface area contributed by atoms with Gasteiger partial charge in [0.25, 0.3) is 5.56 Å². The van der Waals surface area contributed by atoms with Crippen LogP contribution in [0.15, 0.2) is 65.5 Å². The van der Waals surface area contributed by atoms with Crippen molar-refractivity contribution >= 4 is 33.3 Å². The second-order valence-corrected chi connectivity index (χ2v) is 6.65. The number of hydrogen-bond acceptors (Lipinski definition) is 4. The Bertz CT molecular complexity index is 1370. The number of aromatic nitrogens is 1. The zero-order valence-corrected chi connectivity index (χ0v) is 15.7. The highest BCUT2D eigenvalue weighted by Gasteiger charge is 2.32. The second kappa shape index (κ2) is 6.91. The van der Waals surface area contributed by atoms with Crippen LogP contribution in [0.25, 0.3) is 27.4 Å². The standard InChI is InChI=1S/C22H15F3N2O3/c1-30-21(29)18-19(26)15-10-9-13(22(23,24)25)11-17(15)27(20(18)28)16-8-4-6-12-5-2-3-7-14(12)16/h2-11H,26H2,1H3. The SMILES string of the molecule is COC(=O)c1c(N)c2ccc(C(F)(F)F)cc2n(-c2cccc3ccccc23)c1=O. The van der Waals surface area contributed by atoms with Crippen molar-refractivity contribution in [2.24, 2.45) is 0 Å². The first-order valence-electron chi connectivity index (χ1n) is 8.86. The Labute approximate surface area is 168 Å². The van der Waals surface area contributed by atoms with Gasteiger partial charge in [0.15, 0.2) is 0 Å². The van der Waals surface area contributed by atoms with Crippen LogP contribution in [0.4, 0.5) is 18.9 Å². The summed E-state index contributed by atoms with van der Waals surface area (Å²) in [6.07, 6.45) is -4.62. The molecule has 0 unspecified atom stereocenters. The van der Waals surface area contributed by atoms with Crippen molar-refractivity contribution in [2.75, 3.05) is 12.8 Å². The van der Waals surface area contributed by atoms with Gasteiger partial charge < -0.3 is 10.5 Å². The number of ether oxygens (including phenoxy) is 1. The monoisotopic (exact) mass is 412 g/mol. The Morgan fingerprint density at radius 3 is 2.40 bits per heavy atom. The van der Waals surface area contributed by atoms with Gasteiger partial charge in [0.2, 0.25) is 0 Å². The van der Waals surface area contributed by atoms with Gasteiger partial charge in [-0.3, -0.25) is 9.36 Å². The van der Waals surface area contributed by atoms with E-state index in [0.29, 0.717) is 11.1 Å². The molecule has 0 saturated carbocycles. The number of alkyl halides is 3. The Hall–Kier alpha value is -3.81. The van der Waals surface area contributed by atoms with Gasteiger partial charge in [-0.25, -0.2) is 4.79 Å². The number of nitrogens with zero attached hydrogens (tertiary/aromatic N) is 1. The fraction of sp³-hybridized carbons (Fsp3) is 0.0909. The number of rotatable bonds is 2. The molecule has 0 bridgehead atoms. The largest absolute Gasteiger partial charge is 0.465 e. The van der Waals surface area contributed by atoms with Gasteiger partial charge in [-0.15, -0.1) is 0 Å². The zero-order chi connectivity index (χ0) is 21.6. The molecule has 30 heavy (non-hydrogen) atoms. The quantitative estimate of drug-likeness (QED) is 0.491. The van der Waals surface area contributed by atoms with Gasteiger partial charge in [0.1, 0.15) is 5.56 Å². The zero-order valence-electron chi connectivity index (χ0n) is 15.7. The first-order valence-corrected chi connectivity index (χ1v) is 8.86.